The monoisotopic (exact) mass is 192 g/mol. The summed E-state index contributed by atoms with van der Waals surface area (Å²) in [4.78, 5) is 34.1. The van der Waals surface area contributed by atoms with Crippen LogP contribution in [0.5, 0.6) is 0 Å². The van der Waals surface area contributed by atoms with Gasteiger partial charge in [-0.15, -0.1) is 0 Å². The Balaban J connectivity index is 4.26. The van der Waals surface area contributed by atoms with Crippen molar-refractivity contribution in [3.63, 3.8) is 0 Å². The Kier molecular flexibility index (Phi) is 4.45. The Labute approximate surface area is 72.5 Å². The van der Waals surface area contributed by atoms with E-state index in [1.54, 1.807) is 0 Å². The van der Waals surface area contributed by atoms with Crippen LogP contribution in [0.25, 0.3) is 0 Å². The van der Waals surface area contributed by atoms with Crippen molar-refractivity contribution < 1.29 is 34.7 Å². The Morgan fingerprint density at radius 3 is 1.69 bits per heavy atom. The van der Waals surface area contributed by atoms with E-state index in [1.165, 1.54) is 0 Å². The van der Waals surface area contributed by atoms with Gasteiger partial charge in [-0.1, -0.05) is 0 Å². The molecule has 13 heavy (non-hydrogen) atoms. The Morgan fingerprint density at radius 1 is 1.08 bits per heavy atom. The van der Waals surface area contributed by atoms with Gasteiger partial charge in [0.1, 0.15) is 0 Å². The van der Waals surface area contributed by atoms with Crippen LogP contribution in [-0.4, -0.2) is 33.4 Å². The van der Waals surface area contributed by atoms with Gasteiger partial charge >= 0.3 is 17.9 Å². The van der Waals surface area contributed by atoms with Gasteiger partial charge in [0, 0.05) is 0 Å². The molecule has 7 heteroatoms. The van der Waals surface area contributed by atoms with E-state index < -0.39 is 36.7 Å². The molecule has 0 unspecified atom stereocenters. The van der Waals surface area contributed by atoms with Crippen molar-refractivity contribution in [1.82, 2.24) is 0 Å². The van der Waals surface area contributed by atoms with Crippen molar-refractivity contribution in [2.24, 2.45) is 5.92 Å². The summed E-state index contributed by atoms with van der Waals surface area (Å²) in [5, 5.41) is 24.4. The Bertz CT molecular complexity index is 205. The van der Waals surface area contributed by atoms with E-state index in [1.807, 2.05) is 0 Å². The molecule has 0 amide bonds. The molecule has 74 valence electrons. The van der Waals surface area contributed by atoms with Gasteiger partial charge in [0.2, 0.25) is 0 Å². The predicted molar refractivity (Wildman–Crippen MR) is 36.7 cm³/mol. The second kappa shape index (κ2) is 5.09. The molecule has 0 radical (unpaired) electrons. The highest BCUT2D eigenvalue weighted by molar-refractivity contribution is 5.82. The molecule has 0 heterocycles. The molecule has 0 aliphatic rings. The van der Waals surface area contributed by atoms with Gasteiger partial charge in [0.15, 0.2) is 0 Å². The van der Waals surface area contributed by atoms with Gasteiger partial charge in [-0.25, -0.2) is 4.79 Å². The Hall–Kier alpha value is -1.63. The molecule has 0 fully saturated rings. The molecule has 0 spiro atoms. The number of carboxylic acids is 2. The van der Waals surface area contributed by atoms with Gasteiger partial charge in [-0.2, -0.15) is 5.26 Å². The zero-order valence-corrected chi connectivity index (χ0v) is 6.47. The highest BCUT2D eigenvalue weighted by Crippen LogP contribution is 2.10. The fourth-order valence-corrected chi connectivity index (χ4v) is 0.735. The summed E-state index contributed by atoms with van der Waals surface area (Å²) in [5.74, 6) is -5.29. The van der Waals surface area contributed by atoms with Crippen LogP contribution in [-0.2, 0) is 19.3 Å². The van der Waals surface area contributed by atoms with E-state index in [2.05, 4.69) is 4.89 Å². The smallest absolute Gasteiger partial charge is 0.346 e. The van der Waals surface area contributed by atoms with Crippen LogP contribution in [0.4, 0.5) is 0 Å². The Morgan fingerprint density at radius 2 is 1.46 bits per heavy atom. The maximum atomic E-state index is 10.6. The molecule has 0 aliphatic carbocycles. The van der Waals surface area contributed by atoms with E-state index in [0.29, 0.717) is 0 Å². The van der Waals surface area contributed by atoms with E-state index in [0.717, 1.165) is 0 Å². The van der Waals surface area contributed by atoms with Crippen LogP contribution >= 0.6 is 0 Å². The standard InChI is InChI=1S/C6H8O7/c7-4(8)1-3(2-5(9)10)6(11)13-12/h3,12H,1-2H2,(H,7,8)(H,9,10). The van der Waals surface area contributed by atoms with Crippen molar-refractivity contribution in [2.45, 2.75) is 12.8 Å². The van der Waals surface area contributed by atoms with Crippen LogP contribution in [0.2, 0.25) is 0 Å². The van der Waals surface area contributed by atoms with Crippen molar-refractivity contribution in [3.8, 4) is 0 Å². The van der Waals surface area contributed by atoms with Crippen LogP contribution < -0.4 is 0 Å². The average molecular weight is 192 g/mol. The van der Waals surface area contributed by atoms with Gasteiger partial charge < -0.3 is 15.1 Å². The van der Waals surface area contributed by atoms with Crippen molar-refractivity contribution in [2.75, 3.05) is 0 Å². The molecule has 0 aromatic carbocycles. The topological polar surface area (TPSA) is 121 Å². The van der Waals surface area contributed by atoms with Crippen LogP contribution in [0.3, 0.4) is 0 Å². The minimum absolute atomic E-state index is 0.689. The normalized spacial score (nSPS) is 9.69. The molecule has 0 atom stereocenters. The molecule has 7 nitrogen and oxygen atoms in total. The molecular weight excluding hydrogens is 184 g/mol. The summed E-state index contributed by atoms with van der Waals surface area (Å²) in [6, 6.07) is 0. The number of carboxylic acid groups (broad SMARTS) is 2. The fraction of sp³-hybridized carbons (Fsp3) is 0.500. The third-order valence-corrected chi connectivity index (χ3v) is 1.27. The number of aliphatic carboxylic acids is 2. The highest BCUT2D eigenvalue weighted by Gasteiger charge is 2.26. The zero-order valence-electron chi connectivity index (χ0n) is 6.47. The highest BCUT2D eigenvalue weighted by atomic mass is 17.1. The summed E-state index contributed by atoms with van der Waals surface area (Å²) in [6.45, 7) is 0. The lowest BCUT2D eigenvalue weighted by Crippen LogP contribution is -2.22. The third-order valence-electron chi connectivity index (χ3n) is 1.27. The predicted octanol–water partition coefficient (Wildman–Crippen LogP) is -0.432. The van der Waals surface area contributed by atoms with Crippen molar-refractivity contribution in [3.05, 3.63) is 0 Å². The van der Waals surface area contributed by atoms with Crippen molar-refractivity contribution >= 4 is 17.9 Å². The van der Waals surface area contributed by atoms with Gasteiger partial charge in [-0.05, 0) is 0 Å². The second-order valence-corrected chi connectivity index (χ2v) is 2.30. The molecular formula is C6H8O7. The lowest BCUT2D eigenvalue weighted by molar-refractivity contribution is -0.239. The summed E-state index contributed by atoms with van der Waals surface area (Å²) in [7, 11) is 0. The molecule has 3 N–H and O–H groups in total. The van der Waals surface area contributed by atoms with E-state index in [4.69, 9.17) is 15.5 Å². The first kappa shape index (κ1) is 11.4. The zero-order chi connectivity index (χ0) is 10.4. The van der Waals surface area contributed by atoms with E-state index >= 15 is 0 Å². The second-order valence-electron chi connectivity index (χ2n) is 2.30. The van der Waals surface area contributed by atoms with Crippen LogP contribution in [0.15, 0.2) is 0 Å². The van der Waals surface area contributed by atoms with Gasteiger partial charge in [0.25, 0.3) is 0 Å². The lowest BCUT2D eigenvalue weighted by atomic mass is 10.0. The molecule has 0 bridgehead atoms. The van der Waals surface area contributed by atoms with Crippen LogP contribution in [0.1, 0.15) is 12.8 Å². The largest absolute Gasteiger partial charge is 0.481 e. The van der Waals surface area contributed by atoms with E-state index in [-0.39, 0.29) is 0 Å². The lowest BCUT2D eigenvalue weighted by Gasteiger charge is -2.06. The first-order valence-corrected chi connectivity index (χ1v) is 3.26. The van der Waals surface area contributed by atoms with E-state index in [9.17, 15) is 14.4 Å². The molecule has 0 rings (SSSR count). The number of hydrogen-bond acceptors (Lipinski definition) is 5. The summed E-state index contributed by atoms with van der Waals surface area (Å²) in [6.07, 6.45) is -1.38. The minimum atomic E-state index is -1.36. The average Bonchev–Trinajstić information content (AvgIpc) is 2.00. The maximum absolute atomic E-state index is 10.6. The first-order chi connectivity index (χ1) is 5.97. The molecule has 0 saturated carbocycles. The fourth-order valence-electron chi connectivity index (χ4n) is 0.735. The number of carbonyl (C=O) groups excluding carboxylic acids is 1. The molecule has 0 saturated heterocycles. The van der Waals surface area contributed by atoms with Crippen molar-refractivity contribution in [1.29, 1.82) is 0 Å². The van der Waals surface area contributed by atoms with Gasteiger partial charge in [-0.3, -0.25) is 9.59 Å². The number of rotatable bonds is 5. The first-order valence-electron chi connectivity index (χ1n) is 3.26. The SMILES string of the molecule is O=C(O)CC(CC(=O)O)C(=O)OO. The number of carbonyl (C=O) groups is 3. The van der Waals surface area contributed by atoms with Crippen LogP contribution in [0, 0.1) is 5.92 Å². The van der Waals surface area contributed by atoms with Gasteiger partial charge in [0.05, 0.1) is 18.8 Å². The third kappa shape index (κ3) is 4.75. The molecule has 0 aromatic rings. The minimum Gasteiger partial charge on any atom is -0.481 e. The summed E-state index contributed by atoms with van der Waals surface area (Å²) < 4.78 is 0. The summed E-state index contributed by atoms with van der Waals surface area (Å²) in [5.41, 5.74) is 0. The molecule has 0 aromatic heterocycles. The summed E-state index contributed by atoms with van der Waals surface area (Å²) >= 11 is 0. The quantitative estimate of drug-likeness (QED) is 0.399. The maximum Gasteiger partial charge on any atom is 0.346 e. The molecule has 0 aliphatic heterocycles. The number of hydrogen-bond donors (Lipinski definition) is 3.